The third-order valence-electron chi connectivity index (χ3n) is 4.96. The lowest BCUT2D eigenvalue weighted by Crippen LogP contribution is -2.28. The molecule has 0 radical (unpaired) electrons. The molecule has 0 aliphatic rings. The first-order chi connectivity index (χ1) is 22.1. The van der Waals surface area contributed by atoms with E-state index in [2.05, 4.69) is 41.7 Å². The molecule has 0 amide bonds. The molecular weight excluding hydrogens is 702 g/mol. The summed E-state index contributed by atoms with van der Waals surface area (Å²) < 4.78 is 62.6. The minimum absolute atomic E-state index is 0.115. The van der Waals surface area contributed by atoms with Gasteiger partial charge in [0.15, 0.2) is 0 Å². The van der Waals surface area contributed by atoms with Gasteiger partial charge in [0.25, 0.3) is 0 Å². The molecule has 5 aromatic heterocycles. The van der Waals surface area contributed by atoms with Crippen LogP contribution in [-0.4, -0.2) is 60.3 Å². The number of aliphatic carboxylic acids is 1. The lowest BCUT2D eigenvalue weighted by molar-refractivity contribution is -0.136. The number of halogens is 3. The average molecular weight is 727 g/mol. The summed E-state index contributed by atoms with van der Waals surface area (Å²) in [6.07, 6.45) is 9.60. The van der Waals surface area contributed by atoms with Crippen LogP contribution < -0.4 is 4.18 Å². The number of rotatable bonds is 5. The van der Waals surface area contributed by atoms with Crippen LogP contribution in [0, 0.1) is 25.2 Å². The minimum Gasteiger partial charge on any atom is -0.492 e. The monoisotopic (exact) mass is 726 g/mol. The Morgan fingerprint density at radius 3 is 1.74 bits per heavy atom. The van der Waals surface area contributed by atoms with E-state index in [1.54, 1.807) is 42.9 Å². The molecule has 1 unspecified atom stereocenters. The van der Waals surface area contributed by atoms with E-state index >= 15 is 0 Å². The van der Waals surface area contributed by atoms with Gasteiger partial charge in [-0.1, -0.05) is 0 Å². The van der Waals surface area contributed by atoms with Crippen molar-refractivity contribution in [3.8, 4) is 39.0 Å². The van der Waals surface area contributed by atoms with Crippen LogP contribution in [-0.2, 0) is 14.9 Å². The number of carbonyl (C=O) groups is 1. The highest BCUT2D eigenvalue weighted by Crippen LogP contribution is 2.34. The van der Waals surface area contributed by atoms with E-state index in [1.807, 2.05) is 25.1 Å². The van der Waals surface area contributed by atoms with E-state index in [4.69, 9.17) is 10.4 Å². The van der Waals surface area contributed by atoms with Gasteiger partial charge in [-0.15, -0.1) is 22.7 Å². The van der Waals surface area contributed by atoms with Gasteiger partial charge in [-0.3, -0.25) is 19.7 Å². The van der Waals surface area contributed by atoms with E-state index < -0.39 is 32.7 Å². The molecule has 0 bridgehead atoms. The first-order valence-electron chi connectivity index (χ1n) is 12.7. The predicted molar refractivity (Wildman–Crippen MR) is 172 cm³/mol. The number of pyridine rings is 3. The molecule has 5 heterocycles. The summed E-state index contributed by atoms with van der Waals surface area (Å²) in [5, 5.41) is 26.0. The third-order valence-corrected chi connectivity index (χ3v) is 8.14. The van der Waals surface area contributed by atoms with Crippen LogP contribution in [0.3, 0.4) is 0 Å². The van der Waals surface area contributed by atoms with Crippen molar-refractivity contribution < 1.29 is 40.8 Å². The molecule has 19 heteroatoms. The smallest absolute Gasteiger partial charge is 0.492 e. The highest BCUT2D eigenvalue weighted by Gasteiger charge is 2.49. The zero-order chi connectivity index (χ0) is 35.2. The van der Waals surface area contributed by atoms with Gasteiger partial charge in [0.2, 0.25) is 11.8 Å². The third kappa shape index (κ3) is 12.6. The lowest BCUT2D eigenvalue weighted by Gasteiger charge is -2.07. The zero-order valence-electron chi connectivity index (χ0n) is 24.5. The number of thiazole rings is 2. The predicted octanol–water partition coefficient (Wildman–Crippen LogP) is 6.30. The van der Waals surface area contributed by atoms with Crippen molar-refractivity contribution in [1.29, 1.82) is 5.26 Å². The van der Waals surface area contributed by atoms with Crippen molar-refractivity contribution in [1.82, 2.24) is 24.9 Å². The van der Waals surface area contributed by atoms with Gasteiger partial charge in [0.1, 0.15) is 16.1 Å². The first-order valence-corrected chi connectivity index (χ1v) is 16.3. The van der Waals surface area contributed by atoms with Gasteiger partial charge < -0.3 is 14.4 Å². The van der Waals surface area contributed by atoms with Gasteiger partial charge in [-0.05, 0) is 57.2 Å². The maximum atomic E-state index is 12.2. The number of aromatic hydroxyl groups is 1. The standard InChI is InChI=1S/C10H7F3N2O3S2.C9H8N2OS.C6H4N2.C3H6O2S/c1-6-8(18-20(16,17)10(11,12)13)15-9(19-6)7-3-2-4-14-5-7;1-6-8(12)11-9(13-6)7-3-2-4-10-5-7;7-4-6-2-1-3-8-5-6;1-2(6)3(4)5/h2-5H,1H3;2-5,12H,1H3;1-3,5H;2,6H,1H3,(H,4,5). The molecule has 1 atom stereocenters. The van der Waals surface area contributed by atoms with Crippen LogP contribution in [0.2, 0.25) is 0 Å². The van der Waals surface area contributed by atoms with E-state index in [-0.39, 0.29) is 10.8 Å². The topological polar surface area (TPSA) is 189 Å². The molecule has 0 saturated carbocycles. The Kier molecular flexibility index (Phi) is 14.7. The highest BCUT2D eigenvalue weighted by atomic mass is 32.2. The number of carboxylic acids is 1. The van der Waals surface area contributed by atoms with Gasteiger partial charge in [0, 0.05) is 48.3 Å². The normalized spacial score (nSPS) is 11.2. The highest BCUT2D eigenvalue weighted by molar-refractivity contribution is 7.88. The fraction of sp³-hybridized carbons (Fsp3) is 0.179. The number of aromatic nitrogens is 5. The van der Waals surface area contributed by atoms with E-state index in [0.717, 1.165) is 26.8 Å². The Morgan fingerprint density at radius 2 is 1.40 bits per heavy atom. The molecule has 0 aliphatic heterocycles. The Labute approximate surface area is 280 Å². The fourth-order valence-electron chi connectivity index (χ4n) is 2.65. The molecule has 0 spiro atoms. The van der Waals surface area contributed by atoms with E-state index in [1.165, 1.54) is 43.8 Å². The van der Waals surface area contributed by atoms with Crippen molar-refractivity contribution in [2.24, 2.45) is 0 Å². The summed E-state index contributed by atoms with van der Waals surface area (Å²) in [7, 11) is -5.71. The summed E-state index contributed by atoms with van der Waals surface area (Å²) in [6, 6.07) is 12.5. The maximum Gasteiger partial charge on any atom is 0.534 e. The molecule has 0 aliphatic carbocycles. The van der Waals surface area contributed by atoms with Crippen LogP contribution in [0.25, 0.3) is 21.1 Å². The molecule has 2 N–H and O–H groups in total. The number of hydrogen-bond donors (Lipinski definition) is 3. The van der Waals surface area contributed by atoms with Gasteiger partial charge >= 0.3 is 21.6 Å². The number of hydrogen-bond acceptors (Lipinski definition) is 14. The zero-order valence-corrected chi connectivity index (χ0v) is 27.9. The Morgan fingerprint density at radius 1 is 0.936 bits per heavy atom. The fourth-order valence-corrected chi connectivity index (χ4v) is 4.80. The van der Waals surface area contributed by atoms with Crippen LogP contribution >= 0.6 is 35.3 Å². The van der Waals surface area contributed by atoms with Crippen molar-refractivity contribution >= 4 is 51.4 Å². The summed E-state index contributed by atoms with van der Waals surface area (Å²) >= 11 is 6.07. The van der Waals surface area contributed by atoms with Gasteiger partial charge in [0.05, 0.1) is 20.6 Å². The quantitative estimate of drug-likeness (QED) is 0.104. The second kappa shape index (κ2) is 17.9. The summed E-state index contributed by atoms with van der Waals surface area (Å²) in [4.78, 5) is 30.0. The van der Waals surface area contributed by atoms with Crippen LogP contribution in [0.4, 0.5) is 13.2 Å². The van der Waals surface area contributed by atoms with E-state index in [0.29, 0.717) is 16.1 Å². The second-order valence-electron chi connectivity index (χ2n) is 8.61. The second-order valence-corrected chi connectivity index (χ2v) is 13.3. The molecule has 0 aromatic carbocycles. The van der Waals surface area contributed by atoms with Crippen LogP contribution in [0.15, 0.2) is 73.6 Å². The largest absolute Gasteiger partial charge is 0.534 e. The van der Waals surface area contributed by atoms with E-state index in [9.17, 15) is 31.5 Å². The van der Waals surface area contributed by atoms with Crippen molar-refractivity contribution in [3.05, 3.63) is 88.9 Å². The first kappa shape index (κ1) is 38.5. The molecule has 12 nitrogen and oxygen atoms in total. The maximum absolute atomic E-state index is 12.2. The van der Waals surface area contributed by atoms with Gasteiger partial charge in [-0.2, -0.15) is 39.5 Å². The Bertz CT molecular complexity index is 1850. The Balaban J connectivity index is 0.000000243. The number of nitriles is 1. The molecule has 0 fully saturated rings. The summed E-state index contributed by atoms with van der Waals surface area (Å²) in [6.45, 7) is 4.76. The number of aryl methyl sites for hydroxylation is 2. The van der Waals surface area contributed by atoms with Crippen molar-refractivity contribution in [2.45, 2.75) is 31.5 Å². The average Bonchev–Trinajstić information content (AvgIpc) is 3.58. The lowest BCUT2D eigenvalue weighted by atomic mass is 10.3. The molecule has 0 saturated heterocycles. The molecule has 5 aromatic rings. The summed E-state index contributed by atoms with van der Waals surface area (Å²) in [5.74, 6) is -1.34. The molecule has 248 valence electrons. The molecule has 47 heavy (non-hydrogen) atoms. The molecular formula is C28H25F3N6O6S4. The number of carboxylic acid groups (broad SMARTS) is 1. The van der Waals surface area contributed by atoms with Crippen molar-refractivity contribution in [3.63, 3.8) is 0 Å². The van der Waals surface area contributed by atoms with Crippen LogP contribution in [0.5, 0.6) is 11.8 Å². The number of alkyl halides is 3. The number of thiol groups is 1. The summed E-state index contributed by atoms with van der Waals surface area (Å²) in [5.41, 5.74) is -3.39. The SMILES string of the molecule is CC(S)C(=O)O.Cc1sc(-c2cccnc2)nc1O.Cc1sc(-c2cccnc2)nc1OS(=O)(=O)C(F)(F)F.N#Cc1cccnc1. The van der Waals surface area contributed by atoms with Crippen molar-refractivity contribution in [2.75, 3.05) is 0 Å². The molecule has 5 rings (SSSR count). The van der Waals surface area contributed by atoms with Gasteiger partial charge in [-0.25, -0.2) is 9.97 Å². The Hall–Kier alpha value is -4.64. The number of nitrogens with zero attached hydrogens (tertiary/aromatic N) is 6. The minimum atomic E-state index is -5.71. The van der Waals surface area contributed by atoms with Crippen LogP contribution in [0.1, 0.15) is 22.2 Å².